The first kappa shape index (κ1) is 33.5. The van der Waals surface area contributed by atoms with Crippen LogP contribution in [0.25, 0.3) is 98.2 Å². The average molecular weight is 779 g/mol. The van der Waals surface area contributed by atoms with Crippen molar-refractivity contribution >= 4 is 42.3 Å². The molecule has 0 aliphatic heterocycles. The maximum atomic E-state index is 5.56. The molecule has 2 nitrogen and oxygen atoms in total. The molecule has 0 amide bonds. The van der Waals surface area contributed by atoms with Crippen LogP contribution >= 0.6 is 11.3 Å². The average Bonchev–Trinajstić information content (AvgIpc) is 3.95. The number of fused-ring (bicyclic) bond motifs is 14. The van der Waals surface area contributed by atoms with Crippen molar-refractivity contribution in [1.29, 1.82) is 0 Å². The molecule has 0 N–H and O–H groups in total. The van der Waals surface area contributed by atoms with Crippen molar-refractivity contribution in [1.82, 2.24) is 9.97 Å². The highest BCUT2D eigenvalue weighted by molar-refractivity contribution is 7.26. The van der Waals surface area contributed by atoms with Crippen molar-refractivity contribution in [3.8, 4) is 67.3 Å². The Balaban J connectivity index is 1.08. The van der Waals surface area contributed by atoms with E-state index in [0.717, 1.165) is 33.6 Å². The number of hydrogen-bond acceptors (Lipinski definition) is 3. The third-order valence-electron chi connectivity index (χ3n) is 12.9. The van der Waals surface area contributed by atoms with Crippen LogP contribution < -0.4 is 0 Å². The second-order valence-corrected chi connectivity index (χ2v) is 17.0. The van der Waals surface area contributed by atoms with E-state index in [9.17, 15) is 0 Å². The zero-order valence-corrected chi connectivity index (χ0v) is 33.2. The van der Waals surface area contributed by atoms with E-state index in [-0.39, 0.29) is 0 Å². The Kier molecular flexibility index (Phi) is 7.13. The van der Waals surface area contributed by atoms with Gasteiger partial charge in [0.15, 0.2) is 5.82 Å². The molecule has 0 radical (unpaired) electrons. The van der Waals surface area contributed by atoms with Gasteiger partial charge in [0.25, 0.3) is 0 Å². The summed E-state index contributed by atoms with van der Waals surface area (Å²) in [6.07, 6.45) is 0. The lowest BCUT2D eigenvalue weighted by Crippen LogP contribution is -2.25. The maximum absolute atomic E-state index is 5.56. The highest BCUT2D eigenvalue weighted by Crippen LogP contribution is 2.63. The highest BCUT2D eigenvalue weighted by atomic mass is 32.1. The summed E-state index contributed by atoms with van der Waals surface area (Å²) in [4.78, 5) is 11.1. The maximum Gasteiger partial charge on any atom is 0.160 e. The molecule has 0 unspecified atom stereocenters. The molecule has 1 spiro atoms. The second-order valence-electron chi connectivity index (χ2n) is 16.0. The molecule has 0 fully saturated rings. The minimum atomic E-state index is -0.459. The third kappa shape index (κ3) is 4.64. The van der Waals surface area contributed by atoms with Gasteiger partial charge in [-0.25, -0.2) is 9.97 Å². The van der Waals surface area contributed by atoms with E-state index >= 15 is 0 Å². The van der Waals surface area contributed by atoms with Crippen molar-refractivity contribution in [2.24, 2.45) is 0 Å². The van der Waals surface area contributed by atoms with E-state index in [2.05, 4.69) is 206 Å². The zero-order valence-electron chi connectivity index (χ0n) is 32.4. The molecule has 0 atom stereocenters. The van der Waals surface area contributed by atoms with Crippen molar-refractivity contribution in [3.05, 3.63) is 229 Å². The van der Waals surface area contributed by atoms with Gasteiger partial charge in [0.1, 0.15) is 0 Å². The summed E-state index contributed by atoms with van der Waals surface area (Å²) < 4.78 is 2.51. The fraction of sp³-hybridized carbons (Fsp3) is 0.0175. The molecule has 2 heterocycles. The Morgan fingerprint density at radius 1 is 0.333 bits per heavy atom. The van der Waals surface area contributed by atoms with E-state index < -0.39 is 5.41 Å². The lowest BCUT2D eigenvalue weighted by Gasteiger charge is -2.30. The Morgan fingerprint density at radius 3 is 1.57 bits per heavy atom. The van der Waals surface area contributed by atoms with Gasteiger partial charge >= 0.3 is 0 Å². The molecule has 13 rings (SSSR count). The second kappa shape index (κ2) is 12.8. The van der Waals surface area contributed by atoms with Crippen LogP contribution in [0.2, 0.25) is 0 Å². The summed E-state index contributed by atoms with van der Waals surface area (Å²) in [7, 11) is 0. The van der Waals surface area contributed by atoms with Crippen LogP contribution in [0, 0.1) is 0 Å². The minimum absolute atomic E-state index is 0.459. The molecule has 0 saturated heterocycles. The Labute approximate surface area is 351 Å². The fourth-order valence-corrected chi connectivity index (χ4v) is 11.7. The van der Waals surface area contributed by atoms with Crippen LogP contribution in [-0.4, -0.2) is 9.97 Å². The number of thiophene rings is 1. The molecule has 3 heteroatoms. The zero-order chi connectivity index (χ0) is 39.4. The molecule has 2 aliphatic rings. The molecule has 60 heavy (non-hydrogen) atoms. The van der Waals surface area contributed by atoms with Gasteiger partial charge < -0.3 is 0 Å². The molecular weight excluding hydrogens is 745 g/mol. The van der Waals surface area contributed by atoms with Gasteiger partial charge in [0, 0.05) is 36.9 Å². The van der Waals surface area contributed by atoms with Gasteiger partial charge in [-0.3, -0.25) is 0 Å². The molecule has 11 aromatic rings. The van der Waals surface area contributed by atoms with Crippen LogP contribution in [0.4, 0.5) is 0 Å². The van der Waals surface area contributed by atoms with Crippen LogP contribution in [0.3, 0.4) is 0 Å². The summed E-state index contributed by atoms with van der Waals surface area (Å²) in [5.41, 5.74) is 17.2. The minimum Gasteiger partial charge on any atom is -0.228 e. The first-order valence-electron chi connectivity index (χ1n) is 20.6. The predicted octanol–water partition coefficient (Wildman–Crippen LogP) is 15.0. The Hall–Kier alpha value is -7.46. The van der Waals surface area contributed by atoms with Gasteiger partial charge in [0.2, 0.25) is 0 Å². The van der Waals surface area contributed by atoms with Gasteiger partial charge in [-0.05, 0) is 84.6 Å². The number of nitrogens with zero attached hydrogens (tertiary/aromatic N) is 2. The number of rotatable bonds is 4. The number of benzene rings is 9. The van der Waals surface area contributed by atoms with E-state index in [1.54, 1.807) is 0 Å². The van der Waals surface area contributed by atoms with Gasteiger partial charge in [-0.15, -0.1) is 11.3 Å². The van der Waals surface area contributed by atoms with Crippen LogP contribution in [0.1, 0.15) is 22.3 Å². The lowest BCUT2D eigenvalue weighted by molar-refractivity contribution is 0.794. The summed E-state index contributed by atoms with van der Waals surface area (Å²) in [5.74, 6) is 0.710. The summed E-state index contributed by atoms with van der Waals surface area (Å²) in [6, 6.07) is 75.4. The number of hydrogen-bond donors (Lipinski definition) is 0. The summed E-state index contributed by atoms with van der Waals surface area (Å²) in [6.45, 7) is 0. The van der Waals surface area contributed by atoms with Gasteiger partial charge in [-0.2, -0.15) is 0 Å². The largest absolute Gasteiger partial charge is 0.228 e. The molecule has 0 bridgehead atoms. The first-order valence-corrected chi connectivity index (χ1v) is 21.4. The van der Waals surface area contributed by atoms with E-state index in [0.29, 0.717) is 5.82 Å². The Bertz CT molecular complexity index is 3510. The van der Waals surface area contributed by atoms with Gasteiger partial charge in [-0.1, -0.05) is 188 Å². The van der Waals surface area contributed by atoms with Crippen molar-refractivity contribution in [2.45, 2.75) is 5.41 Å². The molecule has 0 saturated carbocycles. The van der Waals surface area contributed by atoms with Crippen molar-refractivity contribution in [2.75, 3.05) is 0 Å². The standard InChI is InChI=1S/C57H34N2S/c1-2-17-37-35(15-1)16-13-24-38(37)39-18-3-4-22-44(39)52-34-53(47-26-14-25-46-45-23-8-12-30-54(45)60-55(46)47)59-56(58-52)36-31-32-43-42-21-7-11-29-50(42)57(51(43)33-36)48-27-9-5-19-40(48)41-20-6-10-28-49(41)57/h1-34H. The normalized spacial score (nSPS) is 13.1. The topological polar surface area (TPSA) is 25.8 Å². The molecular formula is C57H34N2S. The van der Waals surface area contributed by atoms with Crippen LogP contribution in [-0.2, 0) is 5.41 Å². The van der Waals surface area contributed by atoms with E-state index in [4.69, 9.17) is 9.97 Å². The highest BCUT2D eigenvalue weighted by Gasteiger charge is 2.51. The summed E-state index contributed by atoms with van der Waals surface area (Å²) >= 11 is 1.84. The third-order valence-corrected chi connectivity index (χ3v) is 14.2. The fourth-order valence-electron chi connectivity index (χ4n) is 10.4. The smallest absolute Gasteiger partial charge is 0.160 e. The Morgan fingerprint density at radius 2 is 0.833 bits per heavy atom. The SMILES string of the molecule is c1ccc(-c2cccc3ccccc23)c(-c2cc(-c3cccc4c3sc3ccccc34)nc(-c3ccc4c(c3)C3(c5ccccc5-c5ccccc53)c3ccccc3-4)n2)c1. The first-order chi connectivity index (χ1) is 29.8. The monoisotopic (exact) mass is 778 g/mol. The molecule has 2 aliphatic carbocycles. The predicted molar refractivity (Wildman–Crippen MR) is 250 cm³/mol. The lowest BCUT2D eigenvalue weighted by atomic mass is 9.70. The van der Waals surface area contributed by atoms with E-state index in [1.165, 1.54) is 81.0 Å². The van der Waals surface area contributed by atoms with Gasteiger partial charge in [0.05, 0.1) is 16.8 Å². The number of aromatic nitrogens is 2. The van der Waals surface area contributed by atoms with E-state index in [1.807, 2.05) is 11.3 Å². The van der Waals surface area contributed by atoms with Crippen LogP contribution in [0.5, 0.6) is 0 Å². The van der Waals surface area contributed by atoms with Crippen LogP contribution in [0.15, 0.2) is 206 Å². The molecule has 9 aromatic carbocycles. The quantitative estimate of drug-likeness (QED) is 0.178. The van der Waals surface area contributed by atoms with Crippen molar-refractivity contribution < 1.29 is 0 Å². The molecule has 2 aromatic heterocycles. The summed E-state index contributed by atoms with van der Waals surface area (Å²) in [5, 5.41) is 4.96. The van der Waals surface area contributed by atoms with Crippen molar-refractivity contribution in [3.63, 3.8) is 0 Å². The molecule has 278 valence electrons.